The number of nitrogens with zero attached hydrogens (tertiary/aromatic N) is 1. The molecule has 0 saturated carbocycles. The van der Waals surface area contributed by atoms with E-state index in [1.54, 1.807) is 0 Å². The maximum atomic E-state index is 9.42. The second-order valence-electron chi connectivity index (χ2n) is 5.80. The Balaban J connectivity index is 0.00000192. The van der Waals surface area contributed by atoms with Gasteiger partial charge in [0.15, 0.2) is 0 Å². The van der Waals surface area contributed by atoms with E-state index in [0.717, 1.165) is 32.6 Å². The summed E-state index contributed by atoms with van der Waals surface area (Å²) < 4.78 is 0. The second kappa shape index (κ2) is 9.04. The molecule has 0 unspecified atom stereocenters. The number of aliphatic hydroxyl groups is 1. The molecule has 1 aliphatic rings. The van der Waals surface area contributed by atoms with Gasteiger partial charge in [0.25, 0.3) is 0 Å². The molecule has 1 fully saturated rings. The van der Waals surface area contributed by atoms with Gasteiger partial charge in [-0.1, -0.05) is 54.6 Å². The Morgan fingerprint density at radius 1 is 0.913 bits per heavy atom. The third-order valence-electron chi connectivity index (χ3n) is 4.40. The zero-order chi connectivity index (χ0) is 15.2. The fourth-order valence-corrected chi connectivity index (χ4v) is 3.20. The van der Waals surface area contributed by atoms with E-state index in [1.807, 2.05) is 6.07 Å². The van der Waals surface area contributed by atoms with Crippen molar-refractivity contribution in [3.8, 4) is 11.1 Å². The van der Waals surface area contributed by atoms with Crippen molar-refractivity contribution in [3.63, 3.8) is 0 Å². The van der Waals surface area contributed by atoms with Crippen LogP contribution in [0.2, 0.25) is 0 Å². The summed E-state index contributed by atoms with van der Waals surface area (Å²) in [6, 6.07) is 19.6. The summed E-state index contributed by atoms with van der Waals surface area (Å²) in [6.07, 6.45) is 0.796. The molecule has 0 bridgehead atoms. The molecule has 0 spiro atoms. The van der Waals surface area contributed by atoms with Gasteiger partial charge in [0.05, 0.1) is 0 Å². The van der Waals surface area contributed by atoms with Crippen molar-refractivity contribution in [2.45, 2.75) is 12.5 Å². The number of nitrogens with one attached hydrogen (secondary N) is 1. The number of aliphatic hydroxyl groups excluding tert-OH is 1. The molecule has 0 aliphatic carbocycles. The van der Waals surface area contributed by atoms with E-state index in [-0.39, 0.29) is 19.0 Å². The van der Waals surface area contributed by atoms with Crippen LogP contribution in [0, 0.1) is 0 Å². The standard InChI is InChI=1S/C19H24N2O.ClH/c22-15-10-19(21-13-11-20-12-14-21)18-8-6-17(7-9-18)16-4-2-1-3-5-16;/h1-9,19-20,22H,10-15H2;1H/t19-;/m1./s1. The van der Waals surface area contributed by atoms with Crippen molar-refractivity contribution in [2.24, 2.45) is 0 Å². The highest BCUT2D eigenvalue weighted by atomic mass is 35.5. The number of hydrogen-bond donors (Lipinski definition) is 2. The normalized spacial score (nSPS) is 16.6. The van der Waals surface area contributed by atoms with Crippen LogP contribution < -0.4 is 5.32 Å². The van der Waals surface area contributed by atoms with E-state index in [0.29, 0.717) is 6.04 Å². The lowest BCUT2D eigenvalue weighted by Gasteiger charge is -2.35. The number of halogens is 1. The highest BCUT2D eigenvalue weighted by molar-refractivity contribution is 5.85. The fourth-order valence-electron chi connectivity index (χ4n) is 3.20. The Labute approximate surface area is 144 Å². The molecular formula is C19H25ClN2O. The van der Waals surface area contributed by atoms with Crippen molar-refractivity contribution in [1.82, 2.24) is 10.2 Å². The second-order valence-corrected chi connectivity index (χ2v) is 5.80. The fraction of sp³-hybridized carbons (Fsp3) is 0.368. The van der Waals surface area contributed by atoms with Gasteiger partial charge in [-0.15, -0.1) is 12.4 Å². The van der Waals surface area contributed by atoms with Crippen LogP contribution in [0.4, 0.5) is 0 Å². The lowest BCUT2D eigenvalue weighted by Crippen LogP contribution is -2.45. The average Bonchev–Trinajstić information content (AvgIpc) is 2.61. The molecule has 3 nitrogen and oxygen atoms in total. The van der Waals surface area contributed by atoms with E-state index in [9.17, 15) is 5.11 Å². The van der Waals surface area contributed by atoms with E-state index in [4.69, 9.17) is 0 Å². The summed E-state index contributed by atoms with van der Waals surface area (Å²) in [6.45, 7) is 4.39. The van der Waals surface area contributed by atoms with E-state index in [2.05, 4.69) is 58.7 Å². The van der Waals surface area contributed by atoms with E-state index >= 15 is 0 Å². The molecular weight excluding hydrogens is 308 g/mol. The van der Waals surface area contributed by atoms with E-state index in [1.165, 1.54) is 16.7 Å². The Morgan fingerprint density at radius 3 is 2.13 bits per heavy atom. The smallest absolute Gasteiger partial charge is 0.0449 e. The molecule has 23 heavy (non-hydrogen) atoms. The van der Waals surface area contributed by atoms with Crippen LogP contribution in [0.3, 0.4) is 0 Å². The van der Waals surface area contributed by atoms with Crippen LogP contribution in [-0.4, -0.2) is 42.8 Å². The lowest BCUT2D eigenvalue weighted by molar-refractivity contribution is 0.141. The van der Waals surface area contributed by atoms with E-state index < -0.39 is 0 Å². The summed E-state index contributed by atoms with van der Waals surface area (Å²) in [7, 11) is 0. The average molecular weight is 333 g/mol. The summed E-state index contributed by atoms with van der Waals surface area (Å²) >= 11 is 0. The Hall–Kier alpha value is -1.39. The van der Waals surface area contributed by atoms with Gasteiger partial charge in [0, 0.05) is 38.8 Å². The van der Waals surface area contributed by atoms with Gasteiger partial charge in [0.1, 0.15) is 0 Å². The maximum Gasteiger partial charge on any atom is 0.0449 e. The zero-order valence-electron chi connectivity index (χ0n) is 13.3. The van der Waals surface area contributed by atoms with Gasteiger partial charge in [-0.2, -0.15) is 0 Å². The molecule has 0 aromatic heterocycles. The first-order valence-electron chi connectivity index (χ1n) is 8.09. The lowest BCUT2D eigenvalue weighted by atomic mass is 9.98. The molecule has 4 heteroatoms. The first-order valence-corrected chi connectivity index (χ1v) is 8.09. The Kier molecular flexibility index (Phi) is 7.06. The van der Waals surface area contributed by atoms with Gasteiger partial charge in [-0.3, -0.25) is 4.90 Å². The van der Waals surface area contributed by atoms with Crippen molar-refractivity contribution >= 4 is 12.4 Å². The largest absolute Gasteiger partial charge is 0.396 e. The third-order valence-corrected chi connectivity index (χ3v) is 4.40. The topological polar surface area (TPSA) is 35.5 Å². The molecule has 2 aromatic rings. The van der Waals surface area contributed by atoms with Crippen LogP contribution in [-0.2, 0) is 0 Å². The molecule has 1 heterocycles. The molecule has 0 amide bonds. The van der Waals surface area contributed by atoms with Crippen LogP contribution in [0.1, 0.15) is 18.0 Å². The monoisotopic (exact) mass is 332 g/mol. The predicted octanol–water partition coefficient (Wildman–Crippen LogP) is 3.10. The van der Waals surface area contributed by atoms with Crippen molar-refractivity contribution < 1.29 is 5.11 Å². The van der Waals surface area contributed by atoms with Crippen LogP contribution >= 0.6 is 12.4 Å². The highest BCUT2D eigenvalue weighted by Crippen LogP contribution is 2.27. The minimum atomic E-state index is 0. The SMILES string of the molecule is Cl.OCC[C@H](c1ccc(-c2ccccc2)cc1)N1CCNCC1. The minimum absolute atomic E-state index is 0. The number of rotatable bonds is 5. The first-order chi connectivity index (χ1) is 10.9. The summed E-state index contributed by atoms with van der Waals surface area (Å²) in [5, 5.41) is 12.8. The summed E-state index contributed by atoms with van der Waals surface area (Å²) in [5.41, 5.74) is 3.79. The summed E-state index contributed by atoms with van der Waals surface area (Å²) in [5.74, 6) is 0. The predicted molar refractivity (Wildman–Crippen MR) is 98.0 cm³/mol. The number of hydrogen-bond acceptors (Lipinski definition) is 3. The molecule has 2 N–H and O–H groups in total. The van der Waals surface area contributed by atoms with Gasteiger partial charge < -0.3 is 10.4 Å². The Bertz CT molecular complexity index is 568. The molecule has 2 aromatic carbocycles. The van der Waals surface area contributed by atoms with Gasteiger partial charge in [0.2, 0.25) is 0 Å². The quantitative estimate of drug-likeness (QED) is 0.883. The van der Waals surface area contributed by atoms with Gasteiger partial charge >= 0.3 is 0 Å². The third kappa shape index (κ3) is 4.55. The van der Waals surface area contributed by atoms with Gasteiger partial charge in [-0.05, 0) is 23.1 Å². The van der Waals surface area contributed by atoms with Gasteiger partial charge in [-0.25, -0.2) is 0 Å². The molecule has 1 aliphatic heterocycles. The molecule has 3 rings (SSSR count). The van der Waals surface area contributed by atoms with Crippen molar-refractivity contribution in [1.29, 1.82) is 0 Å². The number of piperazine rings is 1. The Morgan fingerprint density at radius 2 is 1.52 bits per heavy atom. The highest BCUT2D eigenvalue weighted by Gasteiger charge is 2.21. The van der Waals surface area contributed by atoms with Crippen LogP contribution in [0.25, 0.3) is 11.1 Å². The minimum Gasteiger partial charge on any atom is -0.396 e. The van der Waals surface area contributed by atoms with Crippen LogP contribution in [0.15, 0.2) is 54.6 Å². The number of benzene rings is 2. The first kappa shape index (κ1) is 18.0. The molecule has 1 atom stereocenters. The summed E-state index contributed by atoms with van der Waals surface area (Å²) in [4.78, 5) is 2.48. The van der Waals surface area contributed by atoms with Crippen LogP contribution in [0.5, 0.6) is 0 Å². The molecule has 124 valence electrons. The van der Waals surface area contributed by atoms with Crippen molar-refractivity contribution in [2.75, 3.05) is 32.8 Å². The van der Waals surface area contributed by atoms with Crippen molar-refractivity contribution in [3.05, 3.63) is 60.2 Å². The molecule has 1 saturated heterocycles. The maximum absolute atomic E-state index is 9.42. The zero-order valence-corrected chi connectivity index (χ0v) is 14.1. The molecule has 0 radical (unpaired) electrons.